The Balaban J connectivity index is 2.13. The summed E-state index contributed by atoms with van der Waals surface area (Å²) in [6.45, 7) is 0. The van der Waals surface area contributed by atoms with Crippen LogP contribution in [0.5, 0.6) is 0 Å². The van der Waals surface area contributed by atoms with Gasteiger partial charge in [0.2, 0.25) is 0 Å². The highest BCUT2D eigenvalue weighted by molar-refractivity contribution is 7.99. The summed E-state index contributed by atoms with van der Waals surface area (Å²) in [6, 6.07) is 7.23. The maximum Gasteiger partial charge on any atom is 0.308 e. The van der Waals surface area contributed by atoms with Crippen LogP contribution < -0.4 is 0 Å². The highest BCUT2D eigenvalue weighted by Crippen LogP contribution is 2.26. The van der Waals surface area contributed by atoms with E-state index in [0.717, 1.165) is 17.3 Å². The van der Waals surface area contributed by atoms with Crippen LogP contribution in [0, 0.1) is 11.8 Å². The number of fused-ring (bicyclic) bond motifs is 1. The molecule has 0 bridgehead atoms. The van der Waals surface area contributed by atoms with Gasteiger partial charge >= 0.3 is 17.9 Å². The summed E-state index contributed by atoms with van der Waals surface area (Å²) in [6.07, 6.45) is -0.743. The van der Waals surface area contributed by atoms with Crippen LogP contribution in [-0.2, 0) is 14.4 Å². The largest absolute Gasteiger partial charge is 0.481 e. The standard InChI is InChI=1S/C14H14N2O6S/c17-11(18)5-7(12(19)20)8(13(21)22)6-23-14-15-9-3-1-2-4-10(9)16-14/h1-4,7-8H,5-6H2,(H,15,16)(H,17,18)(H,19,20)(H,21,22). The summed E-state index contributed by atoms with van der Waals surface area (Å²) in [5, 5.41) is 27.5. The normalized spacial score (nSPS) is 13.6. The van der Waals surface area contributed by atoms with Gasteiger partial charge in [-0.15, -0.1) is 0 Å². The number of thioether (sulfide) groups is 1. The highest BCUT2D eigenvalue weighted by Gasteiger charge is 2.35. The molecule has 0 aliphatic heterocycles. The van der Waals surface area contributed by atoms with Crippen LogP contribution in [-0.4, -0.2) is 48.9 Å². The number of para-hydroxylation sites is 2. The number of imidazole rings is 1. The summed E-state index contributed by atoms with van der Waals surface area (Å²) in [7, 11) is 0. The number of aromatic nitrogens is 2. The van der Waals surface area contributed by atoms with Crippen LogP contribution in [0.2, 0.25) is 0 Å². The van der Waals surface area contributed by atoms with Crippen molar-refractivity contribution in [2.24, 2.45) is 11.8 Å². The van der Waals surface area contributed by atoms with E-state index in [0.29, 0.717) is 10.7 Å². The molecule has 23 heavy (non-hydrogen) atoms. The quantitative estimate of drug-likeness (QED) is 0.531. The second-order valence-corrected chi connectivity index (χ2v) is 5.87. The summed E-state index contributed by atoms with van der Waals surface area (Å²) < 4.78 is 0. The van der Waals surface area contributed by atoms with E-state index < -0.39 is 36.2 Å². The fraction of sp³-hybridized carbons (Fsp3) is 0.286. The second kappa shape index (κ2) is 7.14. The molecule has 2 unspecified atom stereocenters. The molecule has 0 radical (unpaired) electrons. The average Bonchev–Trinajstić information content (AvgIpc) is 2.88. The number of aromatic amines is 1. The van der Waals surface area contributed by atoms with Crippen molar-refractivity contribution in [3.05, 3.63) is 24.3 Å². The molecule has 0 saturated heterocycles. The SMILES string of the molecule is O=C(O)CC(C(=O)O)C(CSc1nc2ccccc2[nH]1)C(=O)O. The van der Waals surface area contributed by atoms with Crippen molar-refractivity contribution in [3.8, 4) is 0 Å². The number of H-pyrrole nitrogens is 1. The third-order valence-corrected chi connectivity index (χ3v) is 4.27. The molecule has 9 heteroatoms. The van der Waals surface area contributed by atoms with Crippen molar-refractivity contribution in [1.82, 2.24) is 9.97 Å². The number of carboxylic acids is 3. The molecule has 1 aromatic carbocycles. The first-order valence-corrected chi connectivity index (χ1v) is 7.62. The van der Waals surface area contributed by atoms with Crippen LogP contribution in [0.4, 0.5) is 0 Å². The van der Waals surface area contributed by atoms with E-state index in [9.17, 15) is 19.5 Å². The molecule has 122 valence electrons. The second-order valence-electron chi connectivity index (χ2n) is 4.86. The maximum atomic E-state index is 11.3. The molecule has 2 atom stereocenters. The smallest absolute Gasteiger partial charge is 0.308 e. The molecule has 0 aliphatic rings. The third kappa shape index (κ3) is 4.22. The van der Waals surface area contributed by atoms with Gasteiger partial charge in [0.05, 0.1) is 29.3 Å². The third-order valence-electron chi connectivity index (χ3n) is 3.28. The Morgan fingerprint density at radius 3 is 2.30 bits per heavy atom. The number of nitrogens with one attached hydrogen (secondary N) is 1. The molecule has 0 saturated carbocycles. The number of hydrogen-bond donors (Lipinski definition) is 4. The minimum Gasteiger partial charge on any atom is -0.481 e. The van der Waals surface area contributed by atoms with Crippen molar-refractivity contribution in [2.75, 3.05) is 5.75 Å². The number of carbonyl (C=O) groups is 3. The summed E-state index contributed by atoms with van der Waals surface area (Å²) in [4.78, 5) is 40.5. The number of hydrogen-bond acceptors (Lipinski definition) is 5. The zero-order valence-corrected chi connectivity index (χ0v) is 12.6. The van der Waals surface area contributed by atoms with Gasteiger partial charge in [-0.1, -0.05) is 23.9 Å². The molecule has 4 N–H and O–H groups in total. The van der Waals surface area contributed by atoms with E-state index in [4.69, 9.17) is 10.2 Å². The van der Waals surface area contributed by atoms with Crippen LogP contribution in [0.15, 0.2) is 29.4 Å². The molecule has 2 aromatic rings. The lowest BCUT2D eigenvalue weighted by molar-refractivity contribution is -0.156. The predicted molar refractivity (Wildman–Crippen MR) is 81.3 cm³/mol. The van der Waals surface area contributed by atoms with Gasteiger partial charge in [-0.05, 0) is 12.1 Å². The molecule has 1 aromatic heterocycles. The Bertz CT molecular complexity index is 711. The lowest BCUT2D eigenvalue weighted by Gasteiger charge is -2.17. The zero-order valence-electron chi connectivity index (χ0n) is 11.8. The number of rotatable bonds is 8. The van der Waals surface area contributed by atoms with E-state index in [1.807, 2.05) is 18.2 Å². The van der Waals surface area contributed by atoms with E-state index in [2.05, 4.69) is 9.97 Å². The lowest BCUT2D eigenvalue weighted by Crippen LogP contribution is -2.33. The fourth-order valence-corrected chi connectivity index (χ4v) is 3.17. The van der Waals surface area contributed by atoms with Crippen LogP contribution >= 0.6 is 11.8 Å². The Labute approximate surface area is 134 Å². The molecule has 0 spiro atoms. The molecule has 2 rings (SSSR count). The molecular formula is C14H14N2O6S. The Hall–Kier alpha value is -2.55. The molecule has 1 heterocycles. The molecule has 0 aliphatic carbocycles. The minimum atomic E-state index is -1.50. The minimum absolute atomic E-state index is 0.0978. The van der Waals surface area contributed by atoms with Crippen molar-refractivity contribution >= 4 is 40.7 Å². The summed E-state index contributed by atoms with van der Waals surface area (Å²) in [5.41, 5.74) is 1.49. The van der Waals surface area contributed by atoms with Crippen molar-refractivity contribution in [3.63, 3.8) is 0 Å². The summed E-state index contributed by atoms with van der Waals surface area (Å²) in [5.74, 6) is -7.06. The van der Waals surface area contributed by atoms with Crippen LogP contribution in [0.3, 0.4) is 0 Å². The van der Waals surface area contributed by atoms with Gasteiger partial charge in [0.15, 0.2) is 5.16 Å². The van der Waals surface area contributed by atoms with Crippen LogP contribution in [0.1, 0.15) is 6.42 Å². The van der Waals surface area contributed by atoms with Gasteiger partial charge in [0.1, 0.15) is 0 Å². The predicted octanol–water partition coefficient (Wildman–Crippen LogP) is 1.53. The average molecular weight is 338 g/mol. The number of carboxylic acid groups (broad SMARTS) is 3. The number of aliphatic carboxylic acids is 3. The Kier molecular flexibility index (Phi) is 5.22. The molecular weight excluding hydrogens is 324 g/mol. The highest BCUT2D eigenvalue weighted by atomic mass is 32.2. The van der Waals surface area contributed by atoms with Crippen molar-refractivity contribution < 1.29 is 29.7 Å². The Morgan fingerprint density at radius 1 is 1.09 bits per heavy atom. The number of benzene rings is 1. The first kappa shape index (κ1) is 16.8. The van der Waals surface area contributed by atoms with Gasteiger partial charge in [0, 0.05) is 5.75 Å². The molecule has 8 nitrogen and oxygen atoms in total. The van der Waals surface area contributed by atoms with E-state index >= 15 is 0 Å². The van der Waals surface area contributed by atoms with Crippen LogP contribution in [0.25, 0.3) is 11.0 Å². The zero-order chi connectivity index (χ0) is 17.0. The van der Waals surface area contributed by atoms with Gasteiger partial charge < -0.3 is 20.3 Å². The van der Waals surface area contributed by atoms with E-state index in [1.54, 1.807) is 6.07 Å². The topological polar surface area (TPSA) is 141 Å². The van der Waals surface area contributed by atoms with Gasteiger partial charge in [-0.2, -0.15) is 0 Å². The van der Waals surface area contributed by atoms with Crippen molar-refractivity contribution in [1.29, 1.82) is 0 Å². The van der Waals surface area contributed by atoms with E-state index in [1.165, 1.54) is 0 Å². The number of nitrogens with zero attached hydrogens (tertiary/aromatic N) is 1. The lowest BCUT2D eigenvalue weighted by atomic mass is 9.91. The first-order valence-electron chi connectivity index (χ1n) is 6.63. The molecule has 0 amide bonds. The van der Waals surface area contributed by atoms with Gasteiger partial charge in [-0.3, -0.25) is 14.4 Å². The first-order chi connectivity index (χ1) is 10.9. The monoisotopic (exact) mass is 338 g/mol. The fourth-order valence-electron chi connectivity index (χ4n) is 2.12. The Morgan fingerprint density at radius 2 is 1.74 bits per heavy atom. The van der Waals surface area contributed by atoms with Gasteiger partial charge in [-0.25, -0.2) is 4.98 Å². The van der Waals surface area contributed by atoms with Gasteiger partial charge in [0.25, 0.3) is 0 Å². The summed E-state index contributed by atoms with van der Waals surface area (Å²) >= 11 is 1.05. The maximum absolute atomic E-state index is 11.3. The molecule has 0 fully saturated rings. The van der Waals surface area contributed by atoms with E-state index in [-0.39, 0.29) is 5.75 Å². The van der Waals surface area contributed by atoms with Crippen molar-refractivity contribution in [2.45, 2.75) is 11.6 Å².